The van der Waals surface area contributed by atoms with Crippen LogP contribution in [0.1, 0.15) is 19.2 Å². The van der Waals surface area contributed by atoms with Crippen LogP contribution < -0.4 is 4.74 Å². The summed E-state index contributed by atoms with van der Waals surface area (Å²) in [6.07, 6.45) is 0.994. The molecule has 0 aliphatic carbocycles. The second-order valence-corrected chi connectivity index (χ2v) is 6.02. The van der Waals surface area contributed by atoms with Gasteiger partial charge in [-0.15, -0.1) is 22.0 Å². The molecule has 1 aromatic heterocycles. The maximum atomic E-state index is 5.73. The van der Waals surface area contributed by atoms with E-state index in [0.29, 0.717) is 17.5 Å². The molecule has 0 spiro atoms. The molecule has 0 N–H and O–H groups in total. The van der Waals surface area contributed by atoms with E-state index in [2.05, 4.69) is 29.3 Å². The van der Waals surface area contributed by atoms with Crippen LogP contribution in [-0.4, -0.2) is 16.8 Å². The SMILES string of the molecule is CCCOc1ccc(-c2nnc(CSc3ccccc3)o2)cc1. The van der Waals surface area contributed by atoms with Crippen molar-refractivity contribution in [2.45, 2.75) is 24.0 Å². The van der Waals surface area contributed by atoms with Gasteiger partial charge in [0.1, 0.15) is 5.75 Å². The molecule has 0 atom stereocenters. The van der Waals surface area contributed by atoms with Crippen molar-refractivity contribution in [3.8, 4) is 17.2 Å². The second-order valence-electron chi connectivity index (χ2n) is 4.98. The zero-order chi connectivity index (χ0) is 15.9. The number of ether oxygens (including phenoxy) is 1. The fourth-order valence-electron chi connectivity index (χ4n) is 2.00. The van der Waals surface area contributed by atoms with Crippen molar-refractivity contribution < 1.29 is 9.15 Å². The number of hydrogen-bond acceptors (Lipinski definition) is 5. The van der Waals surface area contributed by atoms with E-state index in [1.807, 2.05) is 42.5 Å². The largest absolute Gasteiger partial charge is 0.494 e. The molecule has 118 valence electrons. The lowest BCUT2D eigenvalue weighted by atomic mass is 10.2. The lowest BCUT2D eigenvalue weighted by Gasteiger charge is -2.04. The molecule has 0 bridgehead atoms. The summed E-state index contributed by atoms with van der Waals surface area (Å²) < 4.78 is 11.3. The van der Waals surface area contributed by atoms with Crippen LogP contribution in [-0.2, 0) is 5.75 Å². The Hall–Kier alpha value is -2.27. The van der Waals surface area contributed by atoms with Gasteiger partial charge in [-0.05, 0) is 42.8 Å². The minimum atomic E-state index is 0.538. The fraction of sp³-hybridized carbons (Fsp3) is 0.222. The highest BCUT2D eigenvalue weighted by Crippen LogP contribution is 2.25. The normalized spacial score (nSPS) is 10.7. The Morgan fingerprint density at radius 2 is 1.78 bits per heavy atom. The van der Waals surface area contributed by atoms with Gasteiger partial charge < -0.3 is 9.15 Å². The molecule has 4 nitrogen and oxygen atoms in total. The zero-order valence-corrected chi connectivity index (χ0v) is 13.8. The van der Waals surface area contributed by atoms with Gasteiger partial charge in [0.2, 0.25) is 11.8 Å². The maximum Gasteiger partial charge on any atom is 0.247 e. The van der Waals surface area contributed by atoms with Crippen molar-refractivity contribution in [3.63, 3.8) is 0 Å². The van der Waals surface area contributed by atoms with Crippen LogP contribution in [0.2, 0.25) is 0 Å². The number of hydrogen-bond donors (Lipinski definition) is 0. The third-order valence-corrected chi connectivity index (χ3v) is 4.14. The summed E-state index contributed by atoms with van der Waals surface area (Å²) in [6, 6.07) is 17.9. The van der Waals surface area contributed by atoms with Gasteiger partial charge in [-0.3, -0.25) is 0 Å². The summed E-state index contributed by atoms with van der Waals surface area (Å²) >= 11 is 1.68. The highest BCUT2D eigenvalue weighted by atomic mass is 32.2. The van der Waals surface area contributed by atoms with Crippen LogP contribution in [0.3, 0.4) is 0 Å². The molecule has 23 heavy (non-hydrogen) atoms. The summed E-state index contributed by atoms with van der Waals surface area (Å²) in [5, 5.41) is 8.23. The first-order valence-corrected chi connectivity index (χ1v) is 8.57. The average Bonchev–Trinajstić information content (AvgIpc) is 3.08. The van der Waals surface area contributed by atoms with Crippen molar-refractivity contribution in [2.75, 3.05) is 6.61 Å². The first-order chi connectivity index (χ1) is 11.3. The Bertz CT molecular complexity index is 726. The van der Waals surface area contributed by atoms with Gasteiger partial charge in [0.25, 0.3) is 0 Å². The predicted octanol–water partition coefficient (Wildman–Crippen LogP) is 4.82. The van der Waals surface area contributed by atoms with E-state index < -0.39 is 0 Å². The Balaban J connectivity index is 1.62. The van der Waals surface area contributed by atoms with Gasteiger partial charge in [0.15, 0.2) is 0 Å². The van der Waals surface area contributed by atoms with Crippen molar-refractivity contribution >= 4 is 11.8 Å². The second kappa shape index (κ2) is 7.83. The van der Waals surface area contributed by atoms with Gasteiger partial charge in [0, 0.05) is 10.5 Å². The molecule has 0 aliphatic rings. The van der Waals surface area contributed by atoms with Crippen LogP contribution in [0, 0.1) is 0 Å². The lowest BCUT2D eigenvalue weighted by molar-refractivity contribution is 0.317. The van der Waals surface area contributed by atoms with Crippen molar-refractivity contribution in [1.29, 1.82) is 0 Å². The Labute approximate surface area is 139 Å². The van der Waals surface area contributed by atoms with Crippen molar-refractivity contribution in [1.82, 2.24) is 10.2 Å². The standard InChI is InChI=1S/C18H18N2O2S/c1-2-12-21-15-10-8-14(9-11-15)18-20-19-17(22-18)13-23-16-6-4-3-5-7-16/h3-11H,2,12-13H2,1H3. The first-order valence-electron chi connectivity index (χ1n) is 7.58. The molecule has 1 heterocycles. The van der Waals surface area contributed by atoms with E-state index in [1.54, 1.807) is 11.8 Å². The highest BCUT2D eigenvalue weighted by Gasteiger charge is 2.09. The molecule has 0 radical (unpaired) electrons. The number of aromatic nitrogens is 2. The number of nitrogens with zero attached hydrogens (tertiary/aromatic N) is 2. The Morgan fingerprint density at radius 1 is 1.00 bits per heavy atom. The van der Waals surface area contributed by atoms with Crippen LogP contribution in [0.5, 0.6) is 5.75 Å². The summed E-state index contributed by atoms with van der Waals surface area (Å²) in [5.41, 5.74) is 0.900. The highest BCUT2D eigenvalue weighted by molar-refractivity contribution is 7.98. The molecule has 0 fully saturated rings. The van der Waals surface area contributed by atoms with Crippen LogP contribution in [0.15, 0.2) is 63.9 Å². The van der Waals surface area contributed by atoms with E-state index >= 15 is 0 Å². The van der Waals surface area contributed by atoms with Crippen LogP contribution in [0.25, 0.3) is 11.5 Å². The molecule has 0 aliphatic heterocycles. The number of rotatable bonds is 7. The van der Waals surface area contributed by atoms with Crippen LogP contribution >= 0.6 is 11.8 Å². The monoisotopic (exact) mass is 326 g/mol. The molecule has 3 aromatic rings. The summed E-state index contributed by atoms with van der Waals surface area (Å²) in [5.74, 6) is 2.68. The summed E-state index contributed by atoms with van der Waals surface area (Å²) in [4.78, 5) is 1.18. The van der Waals surface area contributed by atoms with Crippen molar-refractivity contribution in [3.05, 3.63) is 60.5 Å². The number of thioether (sulfide) groups is 1. The van der Waals surface area contributed by atoms with E-state index in [4.69, 9.17) is 9.15 Å². The fourth-order valence-corrected chi connectivity index (χ4v) is 2.76. The number of benzene rings is 2. The van der Waals surface area contributed by atoms with E-state index in [0.717, 1.165) is 24.3 Å². The van der Waals surface area contributed by atoms with E-state index in [1.165, 1.54) is 4.90 Å². The average molecular weight is 326 g/mol. The minimum absolute atomic E-state index is 0.538. The summed E-state index contributed by atoms with van der Waals surface area (Å²) in [7, 11) is 0. The Kier molecular flexibility index (Phi) is 5.32. The van der Waals surface area contributed by atoms with Gasteiger partial charge in [-0.1, -0.05) is 25.1 Å². The zero-order valence-electron chi connectivity index (χ0n) is 12.9. The predicted molar refractivity (Wildman–Crippen MR) is 91.5 cm³/mol. The van der Waals surface area contributed by atoms with Crippen LogP contribution in [0.4, 0.5) is 0 Å². The van der Waals surface area contributed by atoms with Gasteiger partial charge in [0.05, 0.1) is 12.4 Å². The molecule has 0 saturated heterocycles. The van der Waals surface area contributed by atoms with E-state index in [9.17, 15) is 0 Å². The van der Waals surface area contributed by atoms with Gasteiger partial charge in [-0.25, -0.2) is 0 Å². The third kappa shape index (κ3) is 4.36. The lowest BCUT2D eigenvalue weighted by Crippen LogP contribution is -1.94. The Morgan fingerprint density at radius 3 is 2.52 bits per heavy atom. The first kappa shape index (κ1) is 15.6. The quantitative estimate of drug-likeness (QED) is 0.583. The van der Waals surface area contributed by atoms with Gasteiger partial charge >= 0.3 is 0 Å². The minimum Gasteiger partial charge on any atom is -0.494 e. The molecule has 3 rings (SSSR count). The van der Waals surface area contributed by atoms with Crippen molar-refractivity contribution in [2.24, 2.45) is 0 Å². The summed E-state index contributed by atoms with van der Waals surface area (Å²) in [6.45, 7) is 2.81. The molecule has 0 amide bonds. The van der Waals surface area contributed by atoms with Gasteiger partial charge in [-0.2, -0.15) is 0 Å². The maximum absolute atomic E-state index is 5.73. The molecule has 0 saturated carbocycles. The molecular weight excluding hydrogens is 308 g/mol. The smallest absolute Gasteiger partial charge is 0.247 e. The molecule has 0 unspecified atom stereocenters. The van der Waals surface area contributed by atoms with E-state index in [-0.39, 0.29) is 0 Å². The topological polar surface area (TPSA) is 48.2 Å². The molecule has 2 aromatic carbocycles. The molecular formula is C18H18N2O2S. The molecule has 5 heteroatoms. The third-order valence-electron chi connectivity index (χ3n) is 3.15.